The Bertz CT molecular complexity index is 1030. The predicted octanol–water partition coefficient (Wildman–Crippen LogP) is 5.01. The Morgan fingerprint density at radius 1 is 1.06 bits per heavy atom. The number of ether oxygens (including phenoxy) is 2. The fourth-order valence-corrected chi connectivity index (χ4v) is 4.45. The number of carbonyl (C=O) groups excluding carboxylic acids is 1. The summed E-state index contributed by atoms with van der Waals surface area (Å²) in [6, 6.07) is 13.4. The van der Waals surface area contributed by atoms with E-state index < -0.39 is 30.8 Å². The van der Waals surface area contributed by atoms with Crippen LogP contribution in [0, 0.1) is 0 Å². The van der Waals surface area contributed by atoms with Crippen LogP contribution in [-0.2, 0) is 4.79 Å². The van der Waals surface area contributed by atoms with Crippen molar-refractivity contribution in [1.29, 1.82) is 0 Å². The minimum atomic E-state index is -5.11. The van der Waals surface area contributed by atoms with Gasteiger partial charge in [-0.1, -0.05) is 31.4 Å². The van der Waals surface area contributed by atoms with Crippen LogP contribution in [0.15, 0.2) is 53.6 Å². The molecule has 34 heavy (non-hydrogen) atoms. The van der Waals surface area contributed by atoms with Crippen LogP contribution in [0.2, 0.25) is 0 Å². The van der Waals surface area contributed by atoms with E-state index in [0.29, 0.717) is 23.0 Å². The Morgan fingerprint density at radius 2 is 1.68 bits per heavy atom. The second-order valence-corrected chi connectivity index (χ2v) is 8.66. The van der Waals surface area contributed by atoms with Crippen LogP contribution in [0.3, 0.4) is 0 Å². The summed E-state index contributed by atoms with van der Waals surface area (Å²) in [5.41, 5.74) is -1.98. The van der Waals surface area contributed by atoms with Gasteiger partial charge in [-0.05, 0) is 66.3 Å². The largest absolute Gasteiger partial charge is 0.497 e. The van der Waals surface area contributed by atoms with E-state index in [9.17, 15) is 23.1 Å². The lowest BCUT2D eigenvalue weighted by Gasteiger charge is -2.32. The molecule has 182 valence electrons. The Labute approximate surface area is 196 Å². The van der Waals surface area contributed by atoms with Gasteiger partial charge in [0.2, 0.25) is 0 Å². The maximum Gasteiger partial charge on any atom is 0.438 e. The summed E-state index contributed by atoms with van der Waals surface area (Å²) >= 11 is 0. The second kappa shape index (κ2) is 9.66. The Morgan fingerprint density at radius 3 is 2.26 bits per heavy atom. The highest BCUT2D eigenvalue weighted by Crippen LogP contribution is 2.41. The summed E-state index contributed by atoms with van der Waals surface area (Å²) < 4.78 is 51.8. The minimum absolute atomic E-state index is 0.0623. The molecule has 9 heteroatoms. The van der Waals surface area contributed by atoms with Crippen molar-refractivity contribution in [3.63, 3.8) is 0 Å². The number of hydrogen-bond donors (Lipinski definition) is 1. The summed E-state index contributed by atoms with van der Waals surface area (Å²) in [5, 5.41) is 14.4. The molecule has 1 aliphatic heterocycles. The Hall–Kier alpha value is -3.07. The number of amides is 1. The van der Waals surface area contributed by atoms with Crippen LogP contribution >= 0.6 is 0 Å². The van der Waals surface area contributed by atoms with E-state index in [2.05, 4.69) is 5.10 Å². The average Bonchev–Trinajstić information content (AvgIpc) is 3.22. The van der Waals surface area contributed by atoms with Crippen LogP contribution in [0.5, 0.6) is 11.5 Å². The first-order valence-corrected chi connectivity index (χ1v) is 11.3. The molecule has 0 radical (unpaired) electrons. The Kier molecular flexibility index (Phi) is 6.84. The minimum Gasteiger partial charge on any atom is -0.497 e. The molecule has 0 aromatic heterocycles. The summed E-state index contributed by atoms with van der Waals surface area (Å²) in [6.07, 6.45) is -0.0604. The van der Waals surface area contributed by atoms with Gasteiger partial charge in [-0.3, -0.25) is 4.79 Å². The van der Waals surface area contributed by atoms with Crippen LogP contribution < -0.4 is 9.47 Å². The zero-order chi connectivity index (χ0) is 24.3. The van der Waals surface area contributed by atoms with Crippen LogP contribution in [-0.4, -0.2) is 47.4 Å². The topological polar surface area (TPSA) is 71.4 Å². The van der Waals surface area contributed by atoms with Crippen molar-refractivity contribution in [2.75, 3.05) is 13.7 Å². The SMILES string of the molecule is COc1ccc(C2=NN(C(=O)COc3ccc(C4CCCCC4)cc3)[C@](O)(C(F)(F)F)C2)cc1. The summed E-state index contributed by atoms with van der Waals surface area (Å²) in [4.78, 5) is 12.7. The van der Waals surface area contributed by atoms with E-state index >= 15 is 0 Å². The number of hydrogen-bond acceptors (Lipinski definition) is 5. The molecule has 1 heterocycles. The molecule has 1 amide bonds. The van der Waals surface area contributed by atoms with Gasteiger partial charge in [-0.15, -0.1) is 0 Å². The van der Waals surface area contributed by atoms with Crippen LogP contribution in [0.1, 0.15) is 55.6 Å². The molecule has 1 saturated carbocycles. The first-order chi connectivity index (χ1) is 16.2. The van der Waals surface area contributed by atoms with Gasteiger partial charge in [0.1, 0.15) is 11.5 Å². The summed E-state index contributed by atoms with van der Waals surface area (Å²) in [5.74, 6) is 0.285. The quantitative estimate of drug-likeness (QED) is 0.636. The van der Waals surface area contributed by atoms with Gasteiger partial charge in [-0.25, -0.2) is 0 Å². The van der Waals surface area contributed by atoms with Crippen molar-refractivity contribution in [1.82, 2.24) is 5.01 Å². The molecule has 6 nitrogen and oxygen atoms in total. The molecular formula is C25H27F3N2O4. The van der Waals surface area contributed by atoms with Crippen molar-refractivity contribution in [3.05, 3.63) is 59.7 Å². The highest BCUT2D eigenvalue weighted by Gasteiger charge is 2.63. The molecule has 1 fully saturated rings. The van der Waals surface area contributed by atoms with Crippen molar-refractivity contribution in [3.8, 4) is 11.5 Å². The van der Waals surface area contributed by atoms with E-state index in [1.54, 1.807) is 24.3 Å². The molecular weight excluding hydrogens is 449 g/mol. The lowest BCUT2D eigenvalue weighted by Crippen LogP contribution is -2.57. The van der Waals surface area contributed by atoms with E-state index in [0.717, 1.165) is 12.8 Å². The van der Waals surface area contributed by atoms with Crippen molar-refractivity contribution in [2.24, 2.45) is 5.10 Å². The van der Waals surface area contributed by atoms with Gasteiger partial charge >= 0.3 is 6.18 Å². The number of rotatable bonds is 6. The van der Waals surface area contributed by atoms with E-state index in [1.807, 2.05) is 12.1 Å². The van der Waals surface area contributed by atoms with Gasteiger partial charge in [0.05, 0.1) is 19.2 Å². The lowest BCUT2D eigenvalue weighted by molar-refractivity contribution is -0.302. The molecule has 2 aromatic rings. The van der Waals surface area contributed by atoms with Gasteiger partial charge < -0.3 is 14.6 Å². The fraction of sp³-hybridized carbons (Fsp3) is 0.440. The zero-order valence-electron chi connectivity index (χ0n) is 18.8. The molecule has 0 unspecified atom stereocenters. The van der Waals surface area contributed by atoms with Gasteiger partial charge in [-0.2, -0.15) is 23.3 Å². The second-order valence-electron chi connectivity index (χ2n) is 8.66. The third-order valence-corrected chi connectivity index (χ3v) is 6.42. The average molecular weight is 476 g/mol. The summed E-state index contributed by atoms with van der Waals surface area (Å²) in [6.45, 7) is -0.694. The first kappa shape index (κ1) is 24.1. The van der Waals surface area contributed by atoms with E-state index in [-0.39, 0.29) is 10.7 Å². The molecule has 1 aliphatic carbocycles. The maximum atomic E-state index is 13.8. The highest BCUT2D eigenvalue weighted by atomic mass is 19.4. The normalized spacial score (nSPS) is 21.3. The van der Waals surface area contributed by atoms with Gasteiger partial charge in [0.15, 0.2) is 6.61 Å². The molecule has 1 N–H and O–H groups in total. The lowest BCUT2D eigenvalue weighted by atomic mass is 9.84. The zero-order valence-corrected chi connectivity index (χ0v) is 18.8. The number of aliphatic hydroxyl groups is 1. The van der Waals surface area contributed by atoms with Crippen molar-refractivity contribution in [2.45, 2.75) is 56.3 Å². The number of methoxy groups -OCH3 is 1. The van der Waals surface area contributed by atoms with Crippen molar-refractivity contribution >= 4 is 11.6 Å². The van der Waals surface area contributed by atoms with E-state index in [1.165, 1.54) is 44.1 Å². The summed E-state index contributed by atoms with van der Waals surface area (Å²) in [7, 11) is 1.47. The smallest absolute Gasteiger partial charge is 0.438 e. The van der Waals surface area contributed by atoms with Crippen LogP contribution in [0.4, 0.5) is 13.2 Å². The number of nitrogens with zero attached hydrogens (tertiary/aromatic N) is 2. The maximum absolute atomic E-state index is 13.8. The number of halogens is 3. The number of hydrazone groups is 1. The highest BCUT2D eigenvalue weighted by molar-refractivity contribution is 6.03. The molecule has 0 bridgehead atoms. The molecule has 0 spiro atoms. The molecule has 0 saturated heterocycles. The van der Waals surface area contributed by atoms with Gasteiger partial charge in [0.25, 0.3) is 11.6 Å². The fourth-order valence-electron chi connectivity index (χ4n) is 4.45. The molecule has 2 aliphatic rings. The number of alkyl halides is 3. The first-order valence-electron chi connectivity index (χ1n) is 11.3. The molecule has 4 rings (SSSR count). The predicted molar refractivity (Wildman–Crippen MR) is 120 cm³/mol. The number of carbonyl (C=O) groups is 1. The number of benzene rings is 2. The van der Waals surface area contributed by atoms with Crippen molar-refractivity contribution < 1.29 is 32.5 Å². The molecule has 1 atom stereocenters. The third kappa shape index (κ3) is 4.89. The molecule has 2 aromatic carbocycles. The monoisotopic (exact) mass is 476 g/mol. The van der Waals surface area contributed by atoms with Gasteiger partial charge in [0, 0.05) is 0 Å². The van der Waals surface area contributed by atoms with Crippen LogP contribution in [0.25, 0.3) is 0 Å². The third-order valence-electron chi connectivity index (χ3n) is 6.42. The Balaban J connectivity index is 1.47. The van der Waals surface area contributed by atoms with E-state index in [4.69, 9.17) is 9.47 Å². The standard InChI is InChI=1S/C25H27F3N2O4/c1-33-20-11-9-19(10-12-20)22-15-24(32,25(26,27)28)30(29-22)23(31)16-34-21-13-7-18(8-14-21)17-5-3-2-4-6-17/h7-14,17,32H,2-6,15-16H2,1H3/t24-/m1/s1.